The molecule has 9 heteroatoms. The molecular weight excluding hydrogens is 369 g/mol. The van der Waals surface area contributed by atoms with Crippen LogP contribution in [0.25, 0.3) is 16.4 Å². The lowest BCUT2D eigenvalue weighted by atomic mass is 10.2. The summed E-state index contributed by atoms with van der Waals surface area (Å²) < 4.78 is 15.2. The number of hydrogen-bond acceptors (Lipinski definition) is 5. The fourth-order valence-electron chi connectivity index (χ4n) is 2.94. The van der Waals surface area contributed by atoms with Crippen LogP contribution in [0, 0.1) is 5.82 Å². The lowest BCUT2D eigenvalue weighted by molar-refractivity contribution is -0.127. The second-order valence-electron chi connectivity index (χ2n) is 6.09. The zero-order valence-electron chi connectivity index (χ0n) is 14.4. The standard InChI is InChI=1S/C18H16FN5O2S/c1-11-17(25)20-7-8-23(11)18(26)15-21-16(14-6-3-9-27-14)24(22-15)13-5-2-4-12(19)10-13/h2-6,9-11H,7-8H2,1H3,(H,20,25). The zero-order chi connectivity index (χ0) is 19.0. The van der Waals surface area contributed by atoms with Gasteiger partial charge in [0.2, 0.25) is 11.7 Å². The van der Waals surface area contributed by atoms with E-state index in [-0.39, 0.29) is 11.7 Å². The number of nitrogens with zero attached hydrogens (tertiary/aromatic N) is 4. The Balaban J connectivity index is 1.78. The maximum Gasteiger partial charge on any atom is 0.294 e. The second-order valence-corrected chi connectivity index (χ2v) is 7.04. The largest absolute Gasteiger partial charge is 0.353 e. The van der Waals surface area contributed by atoms with Crippen molar-refractivity contribution in [2.45, 2.75) is 13.0 Å². The average molecular weight is 385 g/mol. The molecule has 1 aromatic carbocycles. The molecule has 1 aliphatic rings. The first-order valence-corrected chi connectivity index (χ1v) is 9.28. The number of carbonyl (C=O) groups excluding carboxylic acids is 2. The van der Waals surface area contributed by atoms with Gasteiger partial charge in [0, 0.05) is 13.1 Å². The van der Waals surface area contributed by atoms with Crippen molar-refractivity contribution >= 4 is 23.2 Å². The van der Waals surface area contributed by atoms with Crippen molar-refractivity contribution in [2.24, 2.45) is 0 Å². The van der Waals surface area contributed by atoms with Crippen molar-refractivity contribution in [3.8, 4) is 16.4 Å². The summed E-state index contributed by atoms with van der Waals surface area (Å²) in [5, 5.41) is 8.94. The van der Waals surface area contributed by atoms with Crippen LogP contribution in [0.4, 0.5) is 4.39 Å². The number of benzene rings is 1. The van der Waals surface area contributed by atoms with Gasteiger partial charge in [0.05, 0.1) is 10.6 Å². The van der Waals surface area contributed by atoms with Gasteiger partial charge in [-0.05, 0) is 36.6 Å². The molecule has 1 aliphatic heterocycles. The van der Waals surface area contributed by atoms with Crippen LogP contribution in [-0.2, 0) is 4.79 Å². The summed E-state index contributed by atoms with van der Waals surface area (Å²) in [6.07, 6.45) is 0. The first kappa shape index (κ1) is 17.3. The molecule has 0 saturated carbocycles. The van der Waals surface area contributed by atoms with E-state index in [2.05, 4.69) is 15.4 Å². The highest BCUT2D eigenvalue weighted by Crippen LogP contribution is 2.26. The van der Waals surface area contributed by atoms with Crippen LogP contribution in [-0.4, -0.2) is 50.6 Å². The smallest absolute Gasteiger partial charge is 0.294 e. The summed E-state index contributed by atoms with van der Waals surface area (Å²) in [6.45, 7) is 2.43. The molecule has 1 unspecified atom stereocenters. The Morgan fingerprint density at radius 2 is 2.19 bits per heavy atom. The highest BCUT2D eigenvalue weighted by molar-refractivity contribution is 7.13. The molecule has 0 aliphatic carbocycles. The molecule has 1 fully saturated rings. The lowest BCUT2D eigenvalue weighted by Crippen LogP contribution is -2.56. The molecule has 2 aromatic heterocycles. The minimum Gasteiger partial charge on any atom is -0.353 e. The van der Waals surface area contributed by atoms with Crippen molar-refractivity contribution in [2.75, 3.05) is 13.1 Å². The number of amides is 2. The molecule has 7 nitrogen and oxygen atoms in total. The monoisotopic (exact) mass is 385 g/mol. The van der Waals surface area contributed by atoms with Crippen molar-refractivity contribution in [1.29, 1.82) is 0 Å². The number of hydrogen-bond donors (Lipinski definition) is 1. The number of piperazine rings is 1. The lowest BCUT2D eigenvalue weighted by Gasteiger charge is -2.31. The quantitative estimate of drug-likeness (QED) is 0.749. The van der Waals surface area contributed by atoms with Crippen LogP contribution in [0.15, 0.2) is 41.8 Å². The summed E-state index contributed by atoms with van der Waals surface area (Å²) >= 11 is 1.44. The van der Waals surface area contributed by atoms with E-state index in [4.69, 9.17) is 0 Å². The molecule has 1 N–H and O–H groups in total. The van der Waals surface area contributed by atoms with Gasteiger partial charge >= 0.3 is 0 Å². The van der Waals surface area contributed by atoms with Crippen LogP contribution in [0.3, 0.4) is 0 Å². The molecule has 2 amide bonds. The summed E-state index contributed by atoms with van der Waals surface area (Å²) in [4.78, 5) is 31.5. The van der Waals surface area contributed by atoms with E-state index in [0.717, 1.165) is 4.88 Å². The number of rotatable bonds is 3. The molecule has 3 heterocycles. The molecule has 138 valence electrons. The summed E-state index contributed by atoms with van der Waals surface area (Å²) in [5.41, 5.74) is 0.467. The Morgan fingerprint density at radius 3 is 2.93 bits per heavy atom. The molecule has 0 bridgehead atoms. The number of thiophene rings is 1. The third-order valence-corrected chi connectivity index (χ3v) is 5.22. The minimum atomic E-state index is -0.599. The van der Waals surface area contributed by atoms with Crippen LogP contribution in [0.1, 0.15) is 17.5 Å². The van der Waals surface area contributed by atoms with E-state index >= 15 is 0 Å². The third kappa shape index (κ3) is 3.21. The van der Waals surface area contributed by atoms with Crippen molar-refractivity contribution in [1.82, 2.24) is 25.0 Å². The van der Waals surface area contributed by atoms with Crippen molar-refractivity contribution < 1.29 is 14.0 Å². The van der Waals surface area contributed by atoms with Gasteiger partial charge in [-0.3, -0.25) is 9.59 Å². The first-order chi connectivity index (χ1) is 13.0. The Morgan fingerprint density at radius 1 is 1.33 bits per heavy atom. The predicted molar refractivity (Wildman–Crippen MR) is 98.1 cm³/mol. The molecule has 0 radical (unpaired) electrons. The molecule has 27 heavy (non-hydrogen) atoms. The Bertz CT molecular complexity index is 1000. The number of halogens is 1. The van der Waals surface area contributed by atoms with Gasteiger partial charge in [-0.15, -0.1) is 16.4 Å². The number of nitrogens with one attached hydrogen (secondary N) is 1. The van der Waals surface area contributed by atoms with Gasteiger partial charge in [0.1, 0.15) is 11.9 Å². The van der Waals surface area contributed by atoms with Crippen molar-refractivity contribution in [3.05, 3.63) is 53.4 Å². The fraction of sp³-hybridized carbons (Fsp3) is 0.222. The second kappa shape index (κ2) is 6.92. The normalized spacial score (nSPS) is 17.0. The van der Waals surface area contributed by atoms with Crippen LogP contribution >= 0.6 is 11.3 Å². The predicted octanol–water partition coefficient (Wildman–Crippen LogP) is 2.10. The van der Waals surface area contributed by atoms with Crippen LogP contribution in [0.2, 0.25) is 0 Å². The van der Waals surface area contributed by atoms with Crippen LogP contribution < -0.4 is 5.32 Å². The molecule has 4 rings (SSSR count). The van der Waals surface area contributed by atoms with Gasteiger partial charge in [-0.2, -0.15) is 0 Å². The van der Waals surface area contributed by atoms with Gasteiger partial charge in [-0.25, -0.2) is 14.1 Å². The van der Waals surface area contributed by atoms with Gasteiger partial charge in [0.15, 0.2) is 5.82 Å². The molecule has 1 saturated heterocycles. The SMILES string of the molecule is CC1C(=O)NCCN1C(=O)c1nc(-c2cccs2)n(-c2cccc(F)c2)n1. The average Bonchev–Trinajstić information content (AvgIpc) is 3.33. The zero-order valence-corrected chi connectivity index (χ0v) is 15.2. The highest BCUT2D eigenvalue weighted by atomic mass is 32.1. The van der Waals surface area contributed by atoms with Crippen molar-refractivity contribution in [3.63, 3.8) is 0 Å². The van der Waals surface area contributed by atoms with E-state index in [1.165, 1.54) is 33.1 Å². The molecule has 0 spiro atoms. The highest BCUT2D eigenvalue weighted by Gasteiger charge is 2.32. The molecule has 3 aromatic rings. The Hall–Kier alpha value is -3.07. The summed E-state index contributed by atoms with van der Waals surface area (Å²) in [5.74, 6) is -0.616. The number of carbonyl (C=O) groups is 2. The van der Waals surface area contributed by atoms with Gasteiger partial charge in [-0.1, -0.05) is 12.1 Å². The summed E-state index contributed by atoms with van der Waals surface area (Å²) in [7, 11) is 0. The fourth-order valence-corrected chi connectivity index (χ4v) is 3.64. The van der Waals surface area contributed by atoms with Gasteiger partial charge in [0.25, 0.3) is 5.91 Å². The van der Waals surface area contributed by atoms with E-state index in [0.29, 0.717) is 24.6 Å². The third-order valence-electron chi connectivity index (χ3n) is 4.35. The Kier molecular flexibility index (Phi) is 4.44. The van der Waals surface area contributed by atoms with E-state index < -0.39 is 17.8 Å². The first-order valence-electron chi connectivity index (χ1n) is 8.40. The van der Waals surface area contributed by atoms with E-state index in [1.807, 2.05) is 17.5 Å². The molecule has 1 atom stereocenters. The summed E-state index contributed by atoms with van der Waals surface area (Å²) in [6, 6.07) is 9.06. The Labute approximate surface area is 158 Å². The maximum atomic E-state index is 13.7. The number of aromatic nitrogens is 3. The van der Waals surface area contributed by atoms with E-state index in [9.17, 15) is 14.0 Å². The van der Waals surface area contributed by atoms with Gasteiger partial charge < -0.3 is 10.2 Å². The maximum absolute atomic E-state index is 13.7. The van der Waals surface area contributed by atoms with E-state index in [1.54, 1.807) is 19.1 Å². The topological polar surface area (TPSA) is 80.1 Å². The molecular formula is C18H16FN5O2S. The minimum absolute atomic E-state index is 0.0239. The van der Waals surface area contributed by atoms with Crippen LogP contribution in [0.5, 0.6) is 0 Å².